The van der Waals surface area contributed by atoms with E-state index in [4.69, 9.17) is 0 Å². The van der Waals surface area contributed by atoms with E-state index in [2.05, 4.69) is 10.6 Å². The summed E-state index contributed by atoms with van der Waals surface area (Å²) in [5, 5.41) is 5.76. The molecule has 1 fully saturated rings. The standard InChI is InChI=1S/C24H30FN3O2/c1-16(2)14-26-24(30)20-9-5-7-11-22(20)27-23(29)15-28(18-12-13-18)17(3)19-8-4-6-10-21(19)25/h4-11,16-18H,12-15H2,1-3H3,(H,26,30)(H,27,29). The van der Waals surface area contributed by atoms with Crippen LogP contribution in [-0.4, -0.2) is 35.8 Å². The Morgan fingerprint density at radius 3 is 2.40 bits per heavy atom. The van der Waals surface area contributed by atoms with Crippen LogP contribution in [0.2, 0.25) is 0 Å². The van der Waals surface area contributed by atoms with Crippen LogP contribution >= 0.6 is 0 Å². The van der Waals surface area contributed by atoms with E-state index in [0.29, 0.717) is 29.3 Å². The second kappa shape index (κ2) is 9.85. The summed E-state index contributed by atoms with van der Waals surface area (Å²) in [6.07, 6.45) is 2.00. The third-order valence-corrected chi connectivity index (χ3v) is 5.31. The van der Waals surface area contributed by atoms with Crippen LogP contribution in [0, 0.1) is 11.7 Å². The van der Waals surface area contributed by atoms with Crippen molar-refractivity contribution in [3.05, 3.63) is 65.5 Å². The second-order valence-corrected chi connectivity index (χ2v) is 8.30. The monoisotopic (exact) mass is 411 g/mol. The van der Waals surface area contributed by atoms with Crippen LogP contribution in [0.25, 0.3) is 0 Å². The molecule has 5 nitrogen and oxygen atoms in total. The van der Waals surface area contributed by atoms with Crippen molar-refractivity contribution in [2.24, 2.45) is 5.92 Å². The number of nitrogens with one attached hydrogen (secondary N) is 2. The number of para-hydroxylation sites is 1. The zero-order valence-corrected chi connectivity index (χ0v) is 17.8. The molecule has 0 spiro atoms. The molecule has 0 radical (unpaired) electrons. The average Bonchev–Trinajstić information content (AvgIpc) is 3.55. The van der Waals surface area contributed by atoms with Crippen molar-refractivity contribution >= 4 is 17.5 Å². The van der Waals surface area contributed by atoms with Gasteiger partial charge in [-0.05, 0) is 43.9 Å². The highest BCUT2D eigenvalue weighted by molar-refractivity contribution is 6.04. The minimum absolute atomic E-state index is 0.141. The first-order valence-corrected chi connectivity index (χ1v) is 10.5. The van der Waals surface area contributed by atoms with E-state index < -0.39 is 0 Å². The number of carbonyl (C=O) groups excluding carboxylic acids is 2. The van der Waals surface area contributed by atoms with Crippen molar-refractivity contribution in [2.45, 2.75) is 45.7 Å². The Bertz CT molecular complexity index is 896. The molecule has 1 unspecified atom stereocenters. The molecule has 0 saturated heterocycles. The van der Waals surface area contributed by atoms with Crippen molar-refractivity contribution in [3.63, 3.8) is 0 Å². The van der Waals surface area contributed by atoms with E-state index in [1.807, 2.05) is 31.7 Å². The van der Waals surface area contributed by atoms with Gasteiger partial charge in [-0.25, -0.2) is 4.39 Å². The highest BCUT2D eigenvalue weighted by Gasteiger charge is 2.34. The smallest absolute Gasteiger partial charge is 0.253 e. The molecule has 1 saturated carbocycles. The fourth-order valence-corrected chi connectivity index (χ4v) is 3.52. The Labute approximate surface area is 177 Å². The predicted octanol–water partition coefficient (Wildman–Crippen LogP) is 4.38. The van der Waals surface area contributed by atoms with Gasteiger partial charge in [0.2, 0.25) is 5.91 Å². The highest BCUT2D eigenvalue weighted by atomic mass is 19.1. The third-order valence-electron chi connectivity index (χ3n) is 5.31. The summed E-state index contributed by atoms with van der Waals surface area (Å²) in [7, 11) is 0. The van der Waals surface area contributed by atoms with Crippen LogP contribution in [0.1, 0.15) is 55.6 Å². The van der Waals surface area contributed by atoms with E-state index in [0.717, 1.165) is 12.8 Å². The van der Waals surface area contributed by atoms with Crippen molar-refractivity contribution in [3.8, 4) is 0 Å². The van der Waals surface area contributed by atoms with E-state index in [9.17, 15) is 14.0 Å². The molecule has 30 heavy (non-hydrogen) atoms. The Balaban J connectivity index is 1.70. The lowest BCUT2D eigenvalue weighted by atomic mass is 10.1. The van der Waals surface area contributed by atoms with Crippen LogP contribution in [0.3, 0.4) is 0 Å². The quantitative estimate of drug-likeness (QED) is 0.644. The van der Waals surface area contributed by atoms with Gasteiger partial charge < -0.3 is 10.6 Å². The summed E-state index contributed by atoms with van der Waals surface area (Å²) in [5.41, 5.74) is 1.51. The summed E-state index contributed by atoms with van der Waals surface area (Å²) < 4.78 is 14.3. The summed E-state index contributed by atoms with van der Waals surface area (Å²) >= 11 is 0. The maximum atomic E-state index is 14.3. The minimum Gasteiger partial charge on any atom is -0.352 e. The number of benzene rings is 2. The maximum absolute atomic E-state index is 14.3. The molecule has 1 atom stereocenters. The molecule has 2 N–H and O–H groups in total. The lowest BCUT2D eigenvalue weighted by molar-refractivity contribution is -0.118. The fourth-order valence-electron chi connectivity index (χ4n) is 3.52. The minimum atomic E-state index is -0.261. The Morgan fingerprint density at radius 1 is 1.07 bits per heavy atom. The lowest BCUT2D eigenvalue weighted by Gasteiger charge is -2.29. The van der Waals surface area contributed by atoms with Gasteiger partial charge in [0.25, 0.3) is 5.91 Å². The predicted molar refractivity (Wildman–Crippen MR) is 117 cm³/mol. The average molecular weight is 412 g/mol. The Kier molecular flexibility index (Phi) is 7.21. The van der Waals surface area contributed by atoms with Crippen molar-refractivity contribution in [1.29, 1.82) is 0 Å². The number of rotatable bonds is 9. The third kappa shape index (κ3) is 5.66. The van der Waals surface area contributed by atoms with Gasteiger partial charge in [0.1, 0.15) is 5.82 Å². The number of carbonyl (C=O) groups is 2. The number of anilines is 1. The van der Waals surface area contributed by atoms with Crippen molar-refractivity contribution in [1.82, 2.24) is 10.2 Å². The first-order chi connectivity index (χ1) is 14.4. The molecule has 0 bridgehead atoms. The first-order valence-electron chi connectivity index (χ1n) is 10.5. The van der Waals surface area contributed by atoms with Crippen LogP contribution in [0.5, 0.6) is 0 Å². The van der Waals surface area contributed by atoms with Crippen LogP contribution in [-0.2, 0) is 4.79 Å². The maximum Gasteiger partial charge on any atom is 0.253 e. The van der Waals surface area contributed by atoms with Crippen LogP contribution < -0.4 is 10.6 Å². The largest absolute Gasteiger partial charge is 0.352 e. The fraction of sp³-hybridized carbons (Fsp3) is 0.417. The molecule has 2 aromatic rings. The highest BCUT2D eigenvalue weighted by Crippen LogP contribution is 2.34. The summed E-state index contributed by atoms with van der Waals surface area (Å²) in [6, 6.07) is 13.7. The molecule has 2 amide bonds. The van der Waals surface area contributed by atoms with E-state index >= 15 is 0 Å². The van der Waals surface area contributed by atoms with Gasteiger partial charge in [-0.1, -0.05) is 44.2 Å². The number of hydrogen-bond acceptors (Lipinski definition) is 3. The number of hydrogen-bond donors (Lipinski definition) is 2. The molecule has 2 aromatic carbocycles. The first kappa shape index (κ1) is 22.0. The second-order valence-electron chi connectivity index (χ2n) is 8.30. The van der Waals surface area contributed by atoms with Gasteiger partial charge >= 0.3 is 0 Å². The molecule has 0 aromatic heterocycles. The molecular formula is C24H30FN3O2. The Morgan fingerprint density at radius 2 is 1.73 bits per heavy atom. The van der Waals surface area contributed by atoms with E-state index in [1.165, 1.54) is 6.07 Å². The number of amides is 2. The molecule has 0 aliphatic heterocycles. The summed E-state index contributed by atoms with van der Waals surface area (Å²) in [5.74, 6) is -0.349. The van der Waals surface area contributed by atoms with Gasteiger partial charge in [0.05, 0.1) is 17.8 Å². The van der Waals surface area contributed by atoms with Gasteiger partial charge in [-0.15, -0.1) is 0 Å². The van der Waals surface area contributed by atoms with Crippen molar-refractivity contribution in [2.75, 3.05) is 18.4 Å². The Hall–Kier alpha value is -2.73. The normalized spacial score (nSPS) is 14.6. The molecular weight excluding hydrogens is 381 g/mol. The van der Waals surface area contributed by atoms with E-state index in [-0.39, 0.29) is 36.3 Å². The molecule has 1 aliphatic carbocycles. The van der Waals surface area contributed by atoms with Gasteiger partial charge in [-0.2, -0.15) is 0 Å². The molecule has 160 valence electrons. The van der Waals surface area contributed by atoms with Gasteiger partial charge in [-0.3, -0.25) is 14.5 Å². The molecule has 1 aliphatic rings. The van der Waals surface area contributed by atoms with E-state index in [1.54, 1.807) is 36.4 Å². The zero-order chi connectivity index (χ0) is 21.7. The molecule has 6 heteroatoms. The summed E-state index contributed by atoms with van der Waals surface area (Å²) in [4.78, 5) is 27.4. The molecule has 0 heterocycles. The molecule has 3 rings (SSSR count). The summed E-state index contributed by atoms with van der Waals surface area (Å²) in [6.45, 7) is 6.69. The zero-order valence-electron chi connectivity index (χ0n) is 17.8. The van der Waals surface area contributed by atoms with Crippen molar-refractivity contribution < 1.29 is 14.0 Å². The lowest BCUT2D eigenvalue weighted by Crippen LogP contribution is -2.37. The SMILES string of the molecule is CC(C)CNC(=O)c1ccccc1NC(=O)CN(C1CC1)C(C)c1ccccc1F. The number of nitrogens with zero attached hydrogens (tertiary/aromatic N) is 1. The van der Waals surface area contributed by atoms with Gasteiger partial charge in [0, 0.05) is 24.2 Å². The number of halogens is 1. The van der Waals surface area contributed by atoms with Gasteiger partial charge in [0.15, 0.2) is 0 Å². The van der Waals surface area contributed by atoms with Crippen LogP contribution in [0.15, 0.2) is 48.5 Å². The topological polar surface area (TPSA) is 61.4 Å². The van der Waals surface area contributed by atoms with Crippen LogP contribution in [0.4, 0.5) is 10.1 Å².